The maximum absolute atomic E-state index is 12.5. The van der Waals surface area contributed by atoms with E-state index in [4.69, 9.17) is 0 Å². The Labute approximate surface area is 114 Å². The molecule has 0 bridgehead atoms. The van der Waals surface area contributed by atoms with Crippen LogP contribution in [0.5, 0.6) is 0 Å². The molecule has 0 saturated carbocycles. The van der Waals surface area contributed by atoms with Crippen LogP contribution in [0.25, 0.3) is 10.9 Å². The second-order valence-corrected chi connectivity index (χ2v) is 5.16. The molecule has 1 aromatic carbocycles. The van der Waals surface area contributed by atoms with Gasteiger partial charge in [-0.05, 0) is 17.5 Å². The van der Waals surface area contributed by atoms with Gasteiger partial charge in [0.2, 0.25) is 5.91 Å². The minimum Gasteiger partial charge on any atom is -0.380 e. The maximum atomic E-state index is 12.5. The molecule has 4 nitrogen and oxygen atoms in total. The number of aliphatic hydroxyl groups is 1. The van der Waals surface area contributed by atoms with Gasteiger partial charge in [0.1, 0.15) is 6.54 Å². The summed E-state index contributed by atoms with van der Waals surface area (Å²) in [6.07, 6.45) is -1.03. The summed E-state index contributed by atoms with van der Waals surface area (Å²) in [5, 5.41) is 10.5. The van der Waals surface area contributed by atoms with Crippen molar-refractivity contribution in [2.24, 2.45) is 0 Å². The van der Waals surface area contributed by atoms with Crippen LogP contribution in [-0.4, -0.2) is 45.6 Å². The highest BCUT2D eigenvalue weighted by Crippen LogP contribution is 2.28. The van der Waals surface area contributed by atoms with Gasteiger partial charge in [-0.3, -0.25) is 4.79 Å². The molecule has 1 amide bonds. The molecule has 1 saturated heterocycles. The first-order valence-corrected chi connectivity index (χ1v) is 6.32. The zero-order valence-electron chi connectivity index (χ0n) is 10.7. The van der Waals surface area contributed by atoms with Gasteiger partial charge >= 0.3 is 0 Å². The number of fused-ring (bicyclic) bond motifs is 1. The first-order chi connectivity index (χ1) is 9.49. The van der Waals surface area contributed by atoms with Crippen molar-refractivity contribution in [1.82, 2.24) is 9.47 Å². The number of rotatable bonds is 3. The number of β-amino-alcohol motifs (C(OH)–C–C–N with tert-alkyl or cyclic N) is 1. The number of alkyl halides is 2. The lowest BCUT2D eigenvalue weighted by Crippen LogP contribution is -2.67. The van der Waals surface area contributed by atoms with E-state index >= 15 is 0 Å². The summed E-state index contributed by atoms with van der Waals surface area (Å²) in [7, 11) is 0. The average molecular weight is 280 g/mol. The van der Waals surface area contributed by atoms with Gasteiger partial charge in [0.15, 0.2) is 5.60 Å². The summed E-state index contributed by atoms with van der Waals surface area (Å²) in [5.41, 5.74) is -1.11. The predicted molar refractivity (Wildman–Crippen MR) is 69.5 cm³/mol. The number of carbonyl (C=O) groups excluding carboxylic acids is 1. The zero-order chi connectivity index (χ0) is 14.3. The maximum Gasteiger partial charge on any atom is 0.270 e. The van der Waals surface area contributed by atoms with Gasteiger partial charge < -0.3 is 14.6 Å². The molecule has 6 heteroatoms. The van der Waals surface area contributed by atoms with Gasteiger partial charge in [-0.15, -0.1) is 0 Å². The number of para-hydroxylation sites is 1. The van der Waals surface area contributed by atoms with E-state index in [1.165, 1.54) is 4.90 Å². The fourth-order valence-electron chi connectivity index (χ4n) is 2.45. The SMILES string of the molecule is O=C(Cn1ccc2ccccc21)N1CC(O)(C(F)F)C1. The normalized spacial score (nSPS) is 17.5. The van der Waals surface area contributed by atoms with Crippen molar-refractivity contribution < 1.29 is 18.7 Å². The average Bonchev–Trinajstić information content (AvgIpc) is 2.78. The van der Waals surface area contributed by atoms with Crippen LogP contribution in [-0.2, 0) is 11.3 Å². The van der Waals surface area contributed by atoms with Crippen molar-refractivity contribution in [2.75, 3.05) is 13.1 Å². The summed E-state index contributed by atoms with van der Waals surface area (Å²) in [6, 6.07) is 9.52. The largest absolute Gasteiger partial charge is 0.380 e. The summed E-state index contributed by atoms with van der Waals surface area (Å²) in [6.45, 7) is -0.516. The monoisotopic (exact) mass is 280 g/mol. The first-order valence-electron chi connectivity index (χ1n) is 6.32. The van der Waals surface area contributed by atoms with E-state index in [-0.39, 0.29) is 25.5 Å². The van der Waals surface area contributed by atoms with E-state index in [1.807, 2.05) is 30.3 Å². The molecule has 1 fully saturated rings. The number of aromatic nitrogens is 1. The van der Waals surface area contributed by atoms with Crippen molar-refractivity contribution in [2.45, 2.75) is 18.6 Å². The molecule has 1 aromatic heterocycles. The number of amides is 1. The van der Waals surface area contributed by atoms with E-state index in [9.17, 15) is 18.7 Å². The van der Waals surface area contributed by atoms with Crippen LogP contribution in [0, 0.1) is 0 Å². The fraction of sp³-hybridized carbons (Fsp3) is 0.357. The first kappa shape index (κ1) is 13.1. The third-order valence-electron chi connectivity index (χ3n) is 3.67. The Morgan fingerprint density at radius 1 is 1.30 bits per heavy atom. The topological polar surface area (TPSA) is 45.5 Å². The molecule has 3 rings (SSSR count). The third kappa shape index (κ3) is 2.06. The van der Waals surface area contributed by atoms with Crippen molar-refractivity contribution >= 4 is 16.8 Å². The van der Waals surface area contributed by atoms with Gasteiger partial charge in [-0.2, -0.15) is 0 Å². The summed E-state index contributed by atoms with van der Waals surface area (Å²) >= 11 is 0. The lowest BCUT2D eigenvalue weighted by atomic mass is 9.95. The molecule has 0 atom stereocenters. The number of nitrogens with zero attached hydrogens (tertiary/aromatic N) is 2. The van der Waals surface area contributed by atoms with Gasteiger partial charge in [0.05, 0.1) is 13.1 Å². The summed E-state index contributed by atoms with van der Waals surface area (Å²) in [5.74, 6) is -0.267. The van der Waals surface area contributed by atoms with Gasteiger partial charge in [0.25, 0.3) is 6.43 Å². The summed E-state index contributed by atoms with van der Waals surface area (Å²) < 4.78 is 26.8. The van der Waals surface area contributed by atoms with Crippen LogP contribution in [0.4, 0.5) is 8.78 Å². The third-order valence-corrected chi connectivity index (χ3v) is 3.67. The Balaban J connectivity index is 1.69. The van der Waals surface area contributed by atoms with E-state index in [2.05, 4.69) is 0 Å². The molecule has 0 aliphatic carbocycles. The van der Waals surface area contributed by atoms with Crippen molar-refractivity contribution in [3.05, 3.63) is 36.5 Å². The van der Waals surface area contributed by atoms with Crippen LogP contribution in [0.1, 0.15) is 0 Å². The van der Waals surface area contributed by atoms with Crippen molar-refractivity contribution in [1.29, 1.82) is 0 Å². The van der Waals surface area contributed by atoms with E-state index in [0.29, 0.717) is 0 Å². The molecular weight excluding hydrogens is 266 g/mol. The highest BCUT2D eigenvalue weighted by atomic mass is 19.3. The quantitative estimate of drug-likeness (QED) is 0.925. The fourth-order valence-corrected chi connectivity index (χ4v) is 2.45. The van der Waals surface area contributed by atoms with Crippen molar-refractivity contribution in [3.63, 3.8) is 0 Å². The van der Waals surface area contributed by atoms with E-state index in [1.54, 1.807) is 10.8 Å². The van der Waals surface area contributed by atoms with Gasteiger partial charge in [-0.1, -0.05) is 18.2 Å². The van der Waals surface area contributed by atoms with Crippen LogP contribution in [0.15, 0.2) is 36.5 Å². The number of likely N-dealkylation sites (tertiary alicyclic amines) is 1. The Hall–Kier alpha value is -1.95. The lowest BCUT2D eigenvalue weighted by Gasteiger charge is -2.45. The molecule has 1 aliphatic rings. The smallest absolute Gasteiger partial charge is 0.270 e. The molecule has 0 spiro atoms. The molecular formula is C14H14F2N2O2. The second kappa shape index (κ2) is 4.56. The van der Waals surface area contributed by atoms with E-state index < -0.39 is 12.0 Å². The number of hydrogen-bond donors (Lipinski definition) is 1. The predicted octanol–water partition coefficient (Wildman–Crippen LogP) is 1.48. The number of carbonyl (C=O) groups is 1. The Morgan fingerprint density at radius 3 is 2.70 bits per heavy atom. The molecule has 0 unspecified atom stereocenters. The number of hydrogen-bond acceptors (Lipinski definition) is 2. The lowest BCUT2D eigenvalue weighted by molar-refractivity contribution is -0.189. The standard InChI is InChI=1S/C14H14F2N2O2/c15-13(16)14(20)8-18(9-14)12(19)7-17-6-5-10-3-1-2-4-11(10)17/h1-6,13,20H,7-9H2. The second-order valence-electron chi connectivity index (χ2n) is 5.16. The van der Waals surface area contributed by atoms with Crippen LogP contribution in [0.2, 0.25) is 0 Å². The number of benzene rings is 1. The van der Waals surface area contributed by atoms with E-state index in [0.717, 1.165) is 10.9 Å². The van der Waals surface area contributed by atoms with Crippen LogP contribution < -0.4 is 0 Å². The number of halogens is 2. The molecule has 20 heavy (non-hydrogen) atoms. The van der Waals surface area contributed by atoms with Crippen LogP contribution >= 0.6 is 0 Å². The Morgan fingerprint density at radius 2 is 2.00 bits per heavy atom. The van der Waals surface area contributed by atoms with Crippen LogP contribution in [0.3, 0.4) is 0 Å². The van der Waals surface area contributed by atoms with Gasteiger partial charge in [0, 0.05) is 11.7 Å². The Bertz CT molecular complexity index is 647. The van der Waals surface area contributed by atoms with Gasteiger partial charge in [-0.25, -0.2) is 8.78 Å². The molecule has 0 radical (unpaired) electrons. The zero-order valence-corrected chi connectivity index (χ0v) is 10.7. The molecule has 2 heterocycles. The molecule has 1 N–H and O–H groups in total. The highest BCUT2D eigenvalue weighted by molar-refractivity contribution is 5.83. The minimum absolute atomic E-state index is 0.0901. The molecule has 106 valence electrons. The Kier molecular flexibility index (Phi) is 2.97. The highest BCUT2D eigenvalue weighted by Gasteiger charge is 2.50. The molecule has 2 aromatic rings. The molecule has 1 aliphatic heterocycles. The minimum atomic E-state index is -2.82. The van der Waals surface area contributed by atoms with Crippen molar-refractivity contribution in [3.8, 4) is 0 Å². The summed E-state index contributed by atoms with van der Waals surface area (Å²) in [4.78, 5) is 13.2.